The molecule has 4 heteroatoms. The first kappa shape index (κ1) is 15.5. The second-order valence-electron chi connectivity index (χ2n) is 6.00. The number of nitrogens with zero attached hydrogens (tertiary/aromatic N) is 1. The van der Waals surface area contributed by atoms with Crippen molar-refractivity contribution in [2.45, 2.75) is 6.42 Å². The monoisotopic (exact) mass is 343 g/mol. The van der Waals surface area contributed by atoms with E-state index in [0.717, 1.165) is 17.7 Å². The van der Waals surface area contributed by atoms with E-state index in [4.69, 9.17) is 18.0 Å². The quantitative estimate of drug-likeness (QED) is 0.323. The number of nitrogens with two attached hydrogens (primary N) is 1. The van der Waals surface area contributed by atoms with Gasteiger partial charge in [0.2, 0.25) is 0 Å². The lowest BCUT2D eigenvalue weighted by atomic mass is 10.1. The summed E-state index contributed by atoms with van der Waals surface area (Å²) in [6.07, 6.45) is 0.953. The molecule has 122 valence electrons. The van der Waals surface area contributed by atoms with Crippen molar-refractivity contribution in [1.29, 1.82) is 0 Å². The maximum absolute atomic E-state index is 5.64. The van der Waals surface area contributed by atoms with E-state index in [1.54, 1.807) is 0 Å². The fourth-order valence-corrected chi connectivity index (χ4v) is 3.32. The molecule has 1 aliphatic carbocycles. The predicted octanol–water partition coefficient (Wildman–Crippen LogP) is 4.36. The van der Waals surface area contributed by atoms with E-state index < -0.39 is 0 Å². The molecular formula is C21H17N3S. The van der Waals surface area contributed by atoms with Gasteiger partial charge in [-0.25, -0.2) is 4.99 Å². The van der Waals surface area contributed by atoms with Crippen LogP contribution >= 0.6 is 12.2 Å². The Hall–Kier alpha value is -2.98. The lowest BCUT2D eigenvalue weighted by Gasteiger charge is -2.11. The number of hydrogen-bond acceptors (Lipinski definition) is 1. The van der Waals surface area contributed by atoms with E-state index in [2.05, 4.69) is 52.8 Å². The van der Waals surface area contributed by atoms with Crippen LogP contribution in [0.2, 0.25) is 0 Å². The van der Waals surface area contributed by atoms with Gasteiger partial charge in [-0.1, -0.05) is 60.7 Å². The van der Waals surface area contributed by atoms with Gasteiger partial charge in [0.05, 0.1) is 0 Å². The predicted molar refractivity (Wildman–Crippen MR) is 108 cm³/mol. The van der Waals surface area contributed by atoms with Crippen molar-refractivity contribution in [3.63, 3.8) is 0 Å². The Morgan fingerprint density at radius 3 is 2.40 bits per heavy atom. The lowest BCUT2D eigenvalue weighted by molar-refractivity contribution is 1.26. The Labute approximate surface area is 152 Å². The number of amidine groups is 1. The summed E-state index contributed by atoms with van der Waals surface area (Å²) in [5, 5.41) is 3.48. The molecule has 0 amide bonds. The van der Waals surface area contributed by atoms with Gasteiger partial charge >= 0.3 is 0 Å². The molecule has 1 aliphatic rings. The molecule has 0 unspecified atom stereocenters. The van der Waals surface area contributed by atoms with E-state index in [0.29, 0.717) is 5.84 Å². The van der Waals surface area contributed by atoms with Crippen LogP contribution in [0.4, 0.5) is 5.69 Å². The van der Waals surface area contributed by atoms with Crippen LogP contribution in [0, 0.1) is 0 Å². The van der Waals surface area contributed by atoms with Crippen LogP contribution < -0.4 is 11.1 Å². The molecule has 0 aliphatic heterocycles. The molecule has 3 N–H and O–H groups in total. The Balaban J connectivity index is 1.67. The van der Waals surface area contributed by atoms with Crippen molar-refractivity contribution in [2.24, 2.45) is 10.7 Å². The number of thiocarbonyl (C=S) groups is 1. The SMILES string of the molecule is NC(=S)/N=C(\Nc1ccc2c(c1)Cc1ccccc1-2)c1ccccc1. The molecular weight excluding hydrogens is 326 g/mol. The molecule has 0 saturated heterocycles. The van der Waals surface area contributed by atoms with Gasteiger partial charge in [-0.2, -0.15) is 0 Å². The summed E-state index contributed by atoms with van der Waals surface area (Å²) >= 11 is 4.97. The van der Waals surface area contributed by atoms with Crippen molar-refractivity contribution in [2.75, 3.05) is 5.32 Å². The van der Waals surface area contributed by atoms with Crippen LogP contribution in [0.5, 0.6) is 0 Å². The van der Waals surface area contributed by atoms with Crippen LogP contribution in [-0.2, 0) is 6.42 Å². The van der Waals surface area contributed by atoms with E-state index in [1.807, 2.05) is 30.3 Å². The summed E-state index contributed by atoms with van der Waals surface area (Å²) in [7, 11) is 0. The van der Waals surface area contributed by atoms with Crippen LogP contribution in [0.15, 0.2) is 77.8 Å². The van der Waals surface area contributed by atoms with Crippen LogP contribution in [0.3, 0.4) is 0 Å². The number of anilines is 1. The molecule has 0 fully saturated rings. The third-order valence-corrected chi connectivity index (χ3v) is 4.42. The Bertz CT molecular complexity index is 977. The van der Waals surface area contributed by atoms with Crippen molar-refractivity contribution < 1.29 is 0 Å². The van der Waals surface area contributed by atoms with Crippen LogP contribution in [0.1, 0.15) is 16.7 Å². The first-order valence-electron chi connectivity index (χ1n) is 8.12. The number of fused-ring (bicyclic) bond motifs is 3. The molecule has 4 rings (SSSR count). The molecule has 0 saturated carbocycles. The molecule has 3 nitrogen and oxygen atoms in total. The number of nitrogens with one attached hydrogen (secondary N) is 1. The fraction of sp³-hybridized carbons (Fsp3) is 0.0476. The summed E-state index contributed by atoms with van der Waals surface area (Å²) < 4.78 is 0. The summed E-state index contributed by atoms with van der Waals surface area (Å²) in [6.45, 7) is 0. The average molecular weight is 343 g/mol. The zero-order valence-electron chi connectivity index (χ0n) is 13.6. The summed E-state index contributed by atoms with van der Waals surface area (Å²) in [5.41, 5.74) is 12.9. The maximum Gasteiger partial charge on any atom is 0.192 e. The molecule has 3 aromatic rings. The number of aliphatic imine (C=N–C) groups is 1. The minimum atomic E-state index is 0.111. The van der Waals surface area contributed by atoms with Crippen LogP contribution in [0.25, 0.3) is 11.1 Å². The Kier molecular flexibility index (Phi) is 4.04. The Morgan fingerprint density at radius 2 is 1.60 bits per heavy atom. The fourth-order valence-electron chi connectivity index (χ4n) is 3.23. The van der Waals surface area contributed by atoms with Crippen LogP contribution in [-0.4, -0.2) is 10.9 Å². The molecule has 3 aromatic carbocycles. The highest BCUT2D eigenvalue weighted by atomic mass is 32.1. The van der Waals surface area contributed by atoms with Gasteiger partial charge in [0, 0.05) is 11.3 Å². The third kappa shape index (κ3) is 3.16. The van der Waals surface area contributed by atoms with Gasteiger partial charge in [-0.3, -0.25) is 0 Å². The molecule has 0 atom stereocenters. The molecule has 0 spiro atoms. The number of benzene rings is 3. The van der Waals surface area contributed by atoms with E-state index in [9.17, 15) is 0 Å². The molecule has 0 radical (unpaired) electrons. The Morgan fingerprint density at radius 1 is 0.880 bits per heavy atom. The minimum absolute atomic E-state index is 0.111. The van der Waals surface area contributed by atoms with Gasteiger partial charge in [0.15, 0.2) is 5.11 Å². The molecule has 0 heterocycles. The first-order chi connectivity index (χ1) is 12.2. The summed E-state index contributed by atoms with van der Waals surface area (Å²) in [6, 6.07) is 24.8. The topological polar surface area (TPSA) is 50.4 Å². The third-order valence-electron chi connectivity index (χ3n) is 4.33. The molecule has 0 aromatic heterocycles. The number of rotatable bonds is 2. The smallest absolute Gasteiger partial charge is 0.192 e. The van der Waals surface area contributed by atoms with Gasteiger partial charge in [-0.05, 0) is 53.0 Å². The highest BCUT2D eigenvalue weighted by Gasteiger charge is 2.18. The zero-order valence-corrected chi connectivity index (χ0v) is 14.4. The van der Waals surface area contributed by atoms with E-state index >= 15 is 0 Å². The van der Waals surface area contributed by atoms with E-state index in [1.165, 1.54) is 22.3 Å². The van der Waals surface area contributed by atoms with Gasteiger partial charge < -0.3 is 11.1 Å². The lowest BCUT2D eigenvalue weighted by Crippen LogP contribution is -2.18. The molecule has 0 bridgehead atoms. The zero-order chi connectivity index (χ0) is 17.2. The maximum atomic E-state index is 5.64. The van der Waals surface area contributed by atoms with Crippen molar-refractivity contribution in [1.82, 2.24) is 0 Å². The van der Waals surface area contributed by atoms with Gasteiger partial charge in [-0.15, -0.1) is 0 Å². The van der Waals surface area contributed by atoms with Crippen molar-refractivity contribution >= 4 is 28.9 Å². The summed E-state index contributed by atoms with van der Waals surface area (Å²) in [4.78, 5) is 4.29. The first-order valence-corrected chi connectivity index (χ1v) is 8.53. The van der Waals surface area contributed by atoms with Crippen molar-refractivity contribution in [3.05, 3.63) is 89.5 Å². The number of hydrogen-bond donors (Lipinski definition) is 2. The second kappa shape index (κ2) is 6.49. The highest BCUT2D eigenvalue weighted by molar-refractivity contribution is 7.80. The second-order valence-corrected chi connectivity index (χ2v) is 6.41. The highest BCUT2D eigenvalue weighted by Crippen LogP contribution is 2.37. The normalized spacial score (nSPS) is 12.4. The molecule has 25 heavy (non-hydrogen) atoms. The van der Waals surface area contributed by atoms with Gasteiger partial charge in [0.1, 0.15) is 5.84 Å². The van der Waals surface area contributed by atoms with E-state index in [-0.39, 0.29) is 5.11 Å². The largest absolute Gasteiger partial charge is 0.374 e. The van der Waals surface area contributed by atoms with Gasteiger partial charge in [0.25, 0.3) is 0 Å². The average Bonchev–Trinajstić information content (AvgIpc) is 2.99. The summed E-state index contributed by atoms with van der Waals surface area (Å²) in [5.74, 6) is 0.656. The minimum Gasteiger partial charge on any atom is -0.374 e. The standard InChI is InChI=1S/C21H17N3S/c22-21(25)24-20(14-6-2-1-3-7-14)23-17-10-11-19-16(13-17)12-15-8-4-5-9-18(15)19/h1-11,13H,12H2,(H3,22,23,24,25). The van der Waals surface area contributed by atoms with Crippen molar-refractivity contribution in [3.8, 4) is 11.1 Å².